The van der Waals surface area contributed by atoms with Crippen LogP contribution in [0.15, 0.2) is 67.0 Å². The smallest absolute Gasteiger partial charge is 0.257 e. The van der Waals surface area contributed by atoms with E-state index in [4.69, 9.17) is 16.3 Å². The van der Waals surface area contributed by atoms with E-state index in [2.05, 4.69) is 20.6 Å². The number of pyridine rings is 1. The first-order chi connectivity index (χ1) is 15.7. The Balaban J connectivity index is 1.47. The highest BCUT2D eigenvalue weighted by molar-refractivity contribution is 6.34. The van der Waals surface area contributed by atoms with Crippen LogP contribution in [-0.4, -0.2) is 27.4 Å². The summed E-state index contributed by atoms with van der Waals surface area (Å²) in [5.74, 6) is -0.0404. The Morgan fingerprint density at radius 2 is 1.67 bits per heavy atom. The number of H-pyrrole nitrogens is 1. The lowest BCUT2D eigenvalue weighted by Gasteiger charge is -2.21. The zero-order valence-corrected chi connectivity index (χ0v) is 19.2. The molecule has 0 aliphatic carbocycles. The SMILES string of the molecule is CC(C)(C)Oc1ccc(C(=O)Nc2ccc(Cl)c(C(=O)Nc3cnc4[nH]ccc4c3)c2)cc1. The molecular formula is C25H23ClN4O3. The number of carbonyl (C=O) groups excluding carboxylic acids is 2. The van der Waals surface area contributed by atoms with E-state index in [9.17, 15) is 9.59 Å². The van der Waals surface area contributed by atoms with Crippen molar-refractivity contribution in [2.45, 2.75) is 26.4 Å². The highest BCUT2D eigenvalue weighted by atomic mass is 35.5. The minimum Gasteiger partial charge on any atom is -0.488 e. The molecule has 0 bridgehead atoms. The Morgan fingerprint density at radius 1 is 0.939 bits per heavy atom. The summed E-state index contributed by atoms with van der Waals surface area (Å²) in [5.41, 5.74) is 2.08. The summed E-state index contributed by atoms with van der Waals surface area (Å²) >= 11 is 6.25. The summed E-state index contributed by atoms with van der Waals surface area (Å²) < 4.78 is 5.78. The molecule has 0 unspecified atom stereocenters. The Hall–Kier alpha value is -3.84. The van der Waals surface area contributed by atoms with Crippen LogP contribution in [0.1, 0.15) is 41.5 Å². The fourth-order valence-electron chi connectivity index (χ4n) is 3.21. The average Bonchev–Trinajstić information content (AvgIpc) is 3.22. The number of halogens is 1. The standard InChI is InChI=1S/C25H23ClN4O3/c1-25(2,3)33-19-7-4-15(5-8-19)23(31)29-17-6-9-21(26)20(13-17)24(32)30-18-12-16-10-11-27-22(16)28-14-18/h4-14H,1-3H3,(H,27,28)(H,29,31)(H,30,32). The number of carbonyl (C=O) groups is 2. The Kier molecular flexibility index (Phi) is 6.07. The van der Waals surface area contributed by atoms with Gasteiger partial charge in [0, 0.05) is 22.8 Å². The van der Waals surface area contributed by atoms with E-state index in [1.807, 2.05) is 32.9 Å². The molecule has 0 atom stereocenters. The summed E-state index contributed by atoms with van der Waals surface area (Å²) in [5, 5.41) is 6.73. The molecule has 3 N–H and O–H groups in total. The number of hydrogen-bond donors (Lipinski definition) is 3. The number of nitrogens with zero attached hydrogens (tertiary/aromatic N) is 1. The van der Waals surface area contributed by atoms with Crippen molar-refractivity contribution in [1.29, 1.82) is 0 Å². The molecule has 0 spiro atoms. The summed E-state index contributed by atoms with van der Waals surface area (Å²) in [6.45, 7) is 5.87. The van der Waals surface area contributed by atoms with Gasteiger partial charge in [-0.25, -0.2) is 4.98 Å². The lowest BCUT2D eigenvalue weighted by molar-refractivity contribution is 0.101. The number of anilines is 2. The number of ether oxygens (including phenoxy) is 1. The van der Waals surface area contributed by atoms with Crippen molar-refractivity contribution in [1.82, 2.24) is 9.97 Å². The summed E-state index contributed by atoms with van der Waals surface area (Å²) in [7, 11) is 0. The first kappa shape index (κ1) is 22.4. The van der Waals surface area contributed by atoms with Gasteiger partial charge in [0.15, 0.2) is 0 Å². The topological polar surface area (TPSA) is 96.1 Å². The van der Waals surface area contributed by atoms with Crippen molar-refractivity contribution in [2.75, 3.05) is 10.6 Å². The molecule has 33 heavy (non-hydrogen) atoms. The van der Waals surface area contributed by atoms with Gasteiger partial charge < -0.3 is 20.4 Å². The van der Waals surface area contributed by atoms with Gasteiger partial charge in [-0.1, -0.05) is 11.6 Å². The molecule has 0 radical (unpaired) electrons. The third-order valence-corrected chi connectivity index (χ3v) is 5.00. The quantitative estimate of drug-likeness (QED) is 0.344. The molecule has 0 aliphatic rings. The van der Waals surface area contributed by atoms with E-state index >= 15 is 0 Å². The van der Waals surface area contributed by atoms with E-state index in [1.165, 1.54) is 6.07 Å². The molecule has 2 aromatic heterocycles. The second kappa shape index (κ2) is 8.96. The largest absolute Gasteiger partial charge is 0.488 e. The molecular weight excluding hydrogens is 440 g/mol. The van der Waals surface area contributed by atoms with Gasteiger partial charge in [0.25, 0.3) is 11.8 Å². The number of nitrogens with one attached hydrogen (secondary N) is 3. The van der Waals surface area contributed by atoms with Crippen molar-refractivity contribution >= 4 is 45.8 Å². The number of aromatic amines is 1. The normalized spacial score (nSPS) is 11.3. The van der Waals surface area contributed by atoms with Gasteiger partial charge >= 0.3 is 0 Å². The van der Waals surface area contributed by atoms with Crippen molar-refractivity contribution in [3.05, 3.63) is 83.1 Å². The van der Waals surface area contributed by atoms with Crippen LogP contribution < -0.4 is 15.4 Å². The third kappa shape index (κ3) is 5.51. The maximum atomic E-state index is 12.8. The number of fused-ring (bicyclic) bond motifs is 1. The monoisotopic (exact) mass is 462 g/mol. The molecule has 2 heterocycles. The van der Waals surface area contributed by atoms with Crippen molar-refractivity contribution in [3.8, 4) is 5.75 Å². The zero-order valence-electron chi connectivity index (χ0n) is 18.4. The summed E-state index contributed by atoms with van der Waals surface area (Å²) in [4.78, 5) is 32.7. The molecule has 4 aromatic rings. The summed E-state index contributed by atoms with van der Waals surface area (Å²) in [6, 6.07) is 15.3. The van der Waals surface area contributed by atoms with Crippen LogP contribution in [0.4, 0.5) is 11.4 Å². The van der Waals surface area contributed by atoms with E-state index in [1.54, 1.807) is 48.8 Å². The zero-order chi connectivity index (χ0) is 23.6. The van der Waals surface area contributed by atoms with Crippen LogP contribution in [-0.2, 0) is 0 Å². The Morgan fingerprint density at radius 3 is 2.39 bits per heavy atom. The van der Waals surface area contributed by atoms with Gasteiger partial charge in [0.2, 0.25) is 0 Å². The fraction of sp³-hybridized carbons (Fsp3) is 0.160. The number of amides is 2. The van der Waals surface area contributed by atoms with E-state index in [0.717, 1.165) is 11.0 Å². The van der Waals surface area contributed by atoms with Crippen molar-refractivity contribution in [2.24, 2.45) is 0 Å². The lowest BCUT2D eigenvalue weighted by Crippen LogP contribution is -2.23. The Labute approximate surface area is 196 Å². The van der Waals surface area contributed by atoms with Gasteiger partial charge in [-0.3, -0.25) is 9.59 Å². The van der Waals surface area contributed by atoms with Crippen LogP contribution in [0.5, 0.6) is 5.75 Å². The van der Waals surface area contributed by atoms with E-state index < -0.39 is 5.91 Å². The Bertz CT molecular complexity index is 1320. The van der Waals surface area contributed by atoms with Gasteiger partial charge in [-0.15, -0.1) is 0 Å². The van der Waals surface area contributed by atoms with Crippen molar-refractivity contribution in [3.63, 3.8) is 0 Å². The van der Waals surface area contributed by atoms with Gasteiger partial charge in [-0.05, 0) is 75.4 Å². The third-order valence-electron chi connectivity index (χ3n) is 4.67. The molecule has 0 saturated carbocycles. The van der Waals surface area contributed by atoms with Gasteiger partial charge in [0.1, 0.15) is 17.0 Å². The predicted octanol–water partition coefficient (Wildman–Crippen LogP) is 5.90. The number of rotatable bonds is 5. The number of hydrogen-bond acceptors (Lipinski definition) is 4. The second-order valence-corrected chi connectivity index (χ2v) is 8.89. The minimum absolute atomic E-state index is 0.234. The minimum atomic E-state index is -0.406. The molecule has 7 nitrogen and oxygen atoms in total. The first-order valence-electron chi connectivity index (χ1n) is 10.3. The second-order valence-electron chi connectivity index (χ2n) is 8.48. The van der Waals surface area contributed by atoms with Gasteiger partial charge in [0.05, 0.1) is 22.5 Å². The number of benzene rings is 2. The molecule has 2 aromatic carbocycles. The molecule has 0 saturated heterocycles. The van der Waals surface area contributed by atoms with Crippen LogP contribution in [0.2, 0.25) is 5.02 Å². The molecule has 168 valence electrons. The van der Waals surface area contributed by atoms with Gasteiger partial charge in [-0.2, -0.15) is 0 Å². The van der Waals surface area contributed by atoms with Crippen LogP contribution in [0.25, 0.3) is 11.0 Å². The van der Waals surface area contributed by atoms with Crippen LogP contribution >= 0.6 is 11.6 Å². The first-order valence-corrected chi connectivity index (χ1v) is 10.7. The molecule has 0 aliphatic heterocycles. The predicted molar refractivity (Wildman–Crippen MR) is 130 cm³/mol. The molecule has 4 rings (SSSR count). The van der Waals surface area contributed by atoms with Crippen LogP contribution in [0, 0.1) is 0 Å². The maximum absolute atomic E-state index is 12.8. The molecule has 0 fully saturated rings. The average molecular weight is 463 g/mol. The number of aromatic nitrogens is 2. The maximum Gasteiger partial charge on any atom is 0.257 e. The van der Waals surface area contributed by atoms with Crippen molar-refractivity contribution < 1.29 is 14.3 Å². The molecule has 8 heteroatoms. The van der Waals surface area contributed by atoms with E-state index in [-0.39, 0.29) is 22.1 Å². The van der Waals surface area contributed by atoms with E-state index in [0.29, 0.717) is 22.7 Å². The highest BCUT2D eigenvalue weighted by Crippen LogP contribution is 2.24. The lowest BCUT2D eigenvalue weighted by atomic mass is 10.1. The molecule has 2 amide bonds. The fourth-order valence-corrected chi connectivity index (χ4v) is 3.42. The van der Waals surface area contributed by atoms with Crippen LogP contribution in [0.3, 0.4) is 0 Å². The highest BCUT2D eigenvalue weighted by Gasteiger charge is 2.15. The summed E-state index contributed by atoms with van der Waals surface area (Å²) in [6.07, 6.45) is 3.33.